The van der Waals surface area contributed by atoms with E-state index in [0.717, 1.165) is 31.5 Å². The van der Waals surface area contributed by atoms with E-state index in [1.54, 1.807) is 24.3 Å². The van der Waals surface area contributed by atoms with Gasteiger partial charge in [0, 0.05) is 23.7 Å². The van der Waals surface area contributed by atoms with Crippen LogP contribution in [-0.4, -0.2) is 23.9 Å². The number of amides is 1. The van der Waals surface area contributed by atoms with Gasteiger partial charge in [-0.1, -0.05) is 35.4 Å². The molecular weight excluding hydrogens is 320 g/mol. The highest BCUT2D eigenvalue weighted by Crippen LogP contribution is 2.21. The summed E-state index contributed by atoms with van der Waals surface area (Å²) >= 11 is 5.87. The van der Waals surface area contributed by atoms with Crippen LogP contribution >= 0.6 is 11.6 Å². The van der Waals surface area contributed by atoms with Crippen LogP contribution in [0.5, 0.6) is 0 Å². The predicted octanol–water partition coefficient (Wildman–Crippen LogP) is 4.53. The first kappa shape index (κ1) is 16.3. The Labute approximate surface area is 146 Å². The molecule has 2 aromatic rings. The highest BCUT2D eigenvalue weighted by atomic mass is 35.5. The molecule has 3 nitrogen and oxygen atoms in total. The Morgan fingerprint density at radius 3 is 2.25 bits per heavy atom. The van der Waals surface area contributed by atoms with Gasteiger partial charge in [0.1, 0.15) is 0 Å². The fraction of sp³-hybridized carbons (Fsp3) is 0.200. The van der Waals surface area contributed by atoms with Crippen molar-refractivity contribution in [3.05, 3.63) is 75.8 Å². The molecule has 1 aliphatic rings. The fourth-order valence-corrected chi connectivity index (χ4v) is 2.93. The molecule has 0 aromatic heterocycles. The van der Waals surface area contributed by atoms with Gasteiger partial charge in [0.15, 0.2) is 0 Å². The zero-order valence-corrected chi connectivity index (χ0v) is 14.0. The van der Waals surface area contributed by atoms with Crippen LogP contribution in [0.3, 0.4) is 0 Å². The molecular formula is C20H17ClN2O. The molecule has 1 fully saturated rings. The lowest BCUT2D eigenvalue weighted by Gasteiger charge is -2.28. The summed E-state index contributed by atoms with van der Waals surface area (Å²) in [4.78, 5) is 14.4. The zero-order valence-electron chi connectivity index (χ0n) is 13.2. The van der Waals surface area contributed by atoms with Crippen molar-refractivity contribution in [1.29, 1.82) is 5.26 Å². The van der Waals surface area contributed by atoms with Gasteiger partial charge in [-0.05, 0) is 54.8 Å². The maximum Gasteiger partial charge on any atom is 0.253 e. The van der Waals surface area contributed by atoms with Gasteiger partial charge in [0.25, 0.3) is 5.91 Å². The Bertz CT molecular complexity index is 791. The summed E-state index contributed by atoms with van der Waals surface area (Å²) in [6, 6.07) is 16.7. The van der Waals surface area contributed by atoms with Crippen molar-refractivity contribution in [1.82, 2.24) is 4.90 Å². The molecule has 0 aliphatic carbocycles. The number of carbonyl (C=O) groups excluding carboxylic acids is 1. The monoisotopic (exact) mass is 336 g/mol. The third-order valence-electron chi connectivity index (χ3n) is 4.19. The second-order valence-corrected chi connectivity index (χ2v) is 6.27. The lowest BCUT2D eigenvalue weighted by atomic mass is 10.00. The van der Waals surface area contributed by atoms with Crippen LogP contribution in [0.1, 0.15) is 34.3 Å². The molecule has 0 unspecified atom stereocenters. The summed E-state index contributed by atoms with van der Waals surface area (Å²) < 4.78 is 0. The predicted molar refractivity (Wildman–Crippen MR) is 95.7 cm³/mol. The number of hydrogen-bond acceptors (Lipinski definition) is 2. The number of carbonyl (C=O) groups is 1. The van der Waals surface area contributed by atoms with E-state index in [1.165, 1.54) is 5.57 Å². The van der Waals surface area contributed by atoms with Crippen molar-refractivity contribution in [2.24, 2.45) is 0 Å². The van der Waals surface area contributed by atoms with E-state index in [1.807, 2.05) is 29.2 Å². The number of nitriles is 1. The van der Waals surface area contributed by atoms with Crippen LogP contribution in [-0.2, 0) is 0 Å². The third-order valence-corrected chi connectivity index (χ3v) is 4.45. The summed E-state index contributed by atoms with van der Waals surface area (Å²) in [6.45, 7) is 1.45. The SMILES string of the molecule is N#Cc1ccc(C=C2CCN(C(=O)c3ccc(Cl)cc3)CC2)cc1. The van der Waals surface area contributed by atoms with Crippen LogP contribution in [0, 0.1) is 11.3 Å². The molecule has 0 bridgehead atoms. The molecule has 1 aliphatic heterocycles. The molecule has 1 amide bonds. The fourth-order valence-electron chi connectivity index (χ4n) is 2.81. The van der Waals surface area contributed by atoms with E-state index in [4.69, 9.17) is 16.9 Å². The topological polar surface area (TPSA) is 44.1 Å². The van der Waals surface area contributed by atoms with Crippen molar-refractivity contribution < 1.29 is 4.79 Å². The Kier molecular flexibility index (Phi) is 4.98. The standard InChI is InChI=1S/C20H17ClN2O/c21-19-7-5-18(6-8-19)20(24)23-11-9-16(10-12-23)13-15-1-3-17(14-22)4-2-15/h1-8,13H,9-12H2. The first-order chi connectivity index (χ1) is 11.7. The van der Waals surface area contributed by atoms with E-state index >= 15 is 0 Å². The van der Waals surface area contributed by atoms with Crippen molar-refractivity contribution >= 4 is 23.6 Å². The molecule has 0 saturated carbocycles. The first-order valence-electron chi connectivity index (χ1n) is 7.90. The molecule has 4 heteroatoms. The van der Waals surface area contributed by atoms with Gasteiger partial charge in [0.2, 0.25) is 0 Å². The number of hydrogen-bond donors (Lipinski definition) is 0. The number of likely N-dealkylation sites (tertiary alicyclic amines) is 1. The molecule has 120 valence electrons. The third kappa shape index (κ3) is 3.84. The average molecular weight is 337 g/mol. The molecule has 1 saturated heterocycles. The molecule has 1 heterocycles. The second kappa shape index (κ2) is 7.33. The lowest BCUT2D eigenvalue weighted by molar-refractivity contribution is 0.0744. The van der Waals surface area contributed by atoms with E-state index in [9.17, 15) is 4.79 Å². The van der Waals surface area contributed by atoms with Crippen LogP contribution < -0.4 is 0 Å². The number of rotatable bonds is 2. The Hall–Kier alpha value is -2.57. The lowest BCUT2D eigenvalue weighted by Crippen LogP contribution is -2.36. The molecule has 0 spiro atoms. The van der Waals surface area contributed by atoms with Gasteiger partial charge >= 0.3 is 0 Å². The minimum Gasteiger partial charge on any atom is -0.338 e. The van der Waals surface area contributed by atoms with Crippen LogP contribution in [0.2, 0.25) is 5.02 Å². The number of benzene rings is 2. The molecule has 3 rings (SSSR count). The van der Waals surface area contributed by atoms with Crippen LogP contribution in [0.25, 0.3) is 6.08 Å². The summed E-state index contributed by atoms with van der Waals surface area (Å²) in [5.41, 5.74) is 3.78. The normalized spacial score (nSPS) is 14.2. The quantitative estimate of drug-likeness (QED) is 0.808. The van der Waals surface area contributed by atoms with E-state index in [-0.39, 0.29) is 5.91 Å². The Morgan fingerprint density at radius 1 is 1.04 bits per heavy atom. The van der Waals surface area contributed by atoms with Crippen molar-refractivity contribution in [2.45, 2.75) is 12.8 Å². The van der Waals surface area contributed by atoms with Gasteiger partial charge in [0.05, 0.1) is 11.6 Å². The highest BCUT2D eigenvalue weighted by molar-refractivity contribution is 6.30. The minimum atomic E-state index is 0.0593. The van der Waals surface area contributed by atoms with Gasteiger partial charge in [-0.25, -0.2) is 0 Å². The Balaban J connectivity index is 1.62. The molecule has 0 radical (unpaired) electrons. The Morgan fingerprint density at radius 2 is 1.67 bits per heavy atom. The largest absolute Gasteiger partial charge is 0.338 e. The van der Waals surface area contributed by atoms with Crippen molar-refractivity contribution in [3.63, 3.8) is 0 Å². The van der Waals surface area contributed by atoms with E-state index in [0.29, 0.717) is 16.1 Å². The molecule has 2 aromatic carbocycles. The number of piperidine rings is 1. The summed E-state index contributed by atoms with van der Waals surface area (Å²) in [7, 11) is 0. The molecule has 0 atom stereocenters. The maximum absolute atomic E-state index is 12.5. The van der Waals surface area contributed by atoms with Gasteiger partial charge in [-0.3, -0.25) is 4.79 Å². The van der Waals surface area contributed by atoms with Crippen LogP contribution in [0.4, 0.5) is 0 Å². The van der Waals surface area contributed by atoms with Gasteiger partial charge < -0.3 is 4.90 Å². The zero-order chi connectivity index (χ0) is 16.9. The molecule has 0 N–H and O–H groups in total. The summed E-state index contributed by atoms with van der Waals surface area (Å²) in [6.07, 6.45) is 3.91. The maximum atomic E-state index is 12.5. The highest BCUT2D eigenvalue weighted by Gasteiger charge is 2.20. The smallest absolute Gasteiger partial charge is 0.253 e. The number of halogens is 1. The summed E-state index contributed by atoms with van der Waals surface area (Å²) in [5.74, 6) is 0.0593. The minimum absolute atomic E-state index is 0.0593. The molecule has 24 heavy (non-hydrogen) atoms. The first-order valence-corrected chi connectivity index (χ1v) is 8.28. The van der Waals surface area contributed by atoms with Crippen molar-refractivity contribution in [2.75, 3.05) is 13.1 Å². The van der Waals surface area contributed by atoms with Crippen molar-refractivity contribution in [3.8, 4) is 6.07 Å². The van der Waals surface area contributed by atoms with Gasteiger partial charge in [-0.2, -0.15) is 5.26 Å². The summed E-state index contributed by atoms with van der Waals surface area (Å²) in [5, 5.41) is 9.47. The second-order valence-electron chi connectivity index (χ2n) is 5.84. The van der Waals surface area contributed by atoms with Crippen LogP contribution in [0.15, 0.2) is 54.1 Å². The number of nitrogens with zero attached hydrogens (tertiary/aromatic N) is 2. The van der Waals surface area contributed by atoms with E-state index < -0.39 is 0 Å². The van der Waals surface area contributed by atoms with E-state index in [2.05, 4.69) is 12.1 Å². The average Bonchev–Trinajstić information content (AvgIpc) is 2.63. The van der Waals surface area contributed by atoms with Gasteiger partial charge in [-0.15, -0.1) is 0 Å².